The first-order valence-electron chi connectivity index (χ1n) is 10.7. The zero-order valence-corrected chi connectivity index (χ0v) is 19.8. The number of aryl methyl sites for hydroxylation is 2. The van der Waals surface area contributed by atoms with E-state index in [1.165, 1.54) is 22.5 Å². The second-order valence-corrected chi connectivity index (χ2v) is 10.2. The molecule has 0 atom stereocenters. The highest BCUT2D eigenvalue weighted by Gasteiger charge is 2.29. The lowest BCUT2D eigenvalue weighted by Crippen LogP contribution is -2.35. The van der Waals surface area contributed by atoms with Gasteiger partial charge in [-0.1, -0.05) is 59.6 Å². The molecule has 0 spiro atoms. The predicted molar refractivity (Wildman–Crippen MR) is 129 cm³/mol. The Labute approximate surface area is 199 Å². The van der Waals surface area contributed by atoms with Gasteiger partial charge in [0, 0.05) is 13.1 Å². The second kappa shape index (κ2) is 9.85. The first-order chi connectivity index (χ1) is 15.8. The molecule has 1 aliphatic heterocycles. The van der Waals surface area contributed by atoms with Crippen LogP contribution in [0.2, 0.25) is 5.02 Å². The summed E-state index contributed by atoms with van der Waals surface area (Å²) in [4.78, 5) is 12.2. The zero-order chi connectivity index (χ0) is 23.4. The standard InChI is InChI=1S/C25H25ClN2O4S/c1-18-8-10-19(11-9-18)16-27-25(29)17-32-24-13-12-21(15-22(24)26)33(30,31)28-14-4-6-20-5-2-3-7-23(20)28/h2-3,5,7-13,15H,4,6,14,16-17H2,1H3,(H,27,29). The summed E-state index contributed by atoms with van der Waals surface area (Å²) >= 11 is 6.31. The topological polar surface area (TPSA) is 75.7 Å². The van der Waals surface area contributed by atoms with Crippen molar-refractivity contribution in [1.29, 1.82) is 0 Å². The predicted octanol–water partition coefficient (Wildman–Crippen LogP) is 4.49. The van der Waals surface area contributed by atoms with Gasteiger partial charge in [0.05, 0.1) is 15.6 Å². The lowest BCUT2D eigenvalue weighted by atomic mass is 10.0. The van der Waals surface area contributed by atoms with E-state index >= 15 is 0 Å². The third kappa shape index (κ3) is 5.31. The molecule has 0 saturated heterocycles. The molecule has 1 aliphatic rings. The Hall–Kier alpha value is -3.03. The fourth-order valence-electron chi connectivity index (χ4n) is 3.74. The van der Waals surface area contributed by atoms with Crippen LogP contribution in [-0.4, -0.2) is 27.5 Å². The van der Waals surface area contributed by atoms with Gasteiger partial charge in [-0.2, -0.15) is 0 Å². The number of halogens is 1. The Morgan fingerprint density at radius 3 is 2.61 bits per heavy atom. The van der Waals surface area contributed by atoms with E-state index < -0.39 is 10.0 Å². The number of nitrogens with one attached hydrogen (secondary N) is 1. The smallest absolute Gasteiger partial charge is 0.264 e. The van der Waals surface area contributed by atoms with Crippen LogP contribution in [0.15, 0.2) is 71.6 Å². The van der Waals surface area contributed by atoms with Crippen molar-refractivity contribution in [2.75, 3.05) is 17.5 Å². The van der Waals surface area contributed by atoms with Gasteiger partial charge in [0.1, 0.15) is 5.75 Å². The highest BCUT2D eigenvalue weighted by Crippen LogP contribution is 2.34. The summed E-state index contributed by atoms with van der Waals surface area (Å²) in [6.45, 7) is 2.58. The third-order valence-corrected chi connectivity index (χ3v) is 7.63. The Morgan fingerprint density at radius 1 is 1.09 bits per heavy atom. The van der Waals surface area contributed by atoms with Crippen molar-refractivity contribution in [1.82, 2.24) is 5.32 Å². The Kier molecular flexibility index (Phi) is 6.91. The van der Waals surface area contributed by atoms with Gasteiger partial charge in [-0.05, 0) is 55.2 Å². The Morgan fingerprint density at radius 2 is 1.85 bits per heavy atom. The summed E-state index contributed by atoms with van der Waals surface area (Å²) < 4.78 is 33.5. The number of amides is 1. The number of para-hydroxylation sites is 1. The summed E-state index contributed by atoms with van der Waals surface area (Å²) in [6, 6.07) is 19.7. The SMILES string of the molecule is Cc1ccc(CNC(=O)COc2ccc(S(=O)(=O)N3CCCc4ccccc43)cc2Cl)cc1. The molecule has 8 heteroatoms. The molecule has 0 fully saturated rings. The van der Waals surface area contributed by atoms with E-state index in [-0.39, 0.29) is 28.2 Å². The van der Waals surface area contributed by atoms with E-state index in [0.717, 1.165) is 29.5 Å². The van der Waals surface area contributed by atoms with Crippen LogP contribution in [0.1, 0.15) is 23.1 Å². The van der Waals surface area contributed by atoms with Gasteiger partial charge in [0.15, 0.2) is 6.61 Å². The molecular weight excluding hydrogens is 460 g/mol. The molecule has 0 aliphatic carbocycles. The molecular formula is C25H25ClN2O4S. The average molecular weight is 485 g/mol. The Bertz CT molecular complexity index is 1260. The number of rotatable bonds is 7. The molecule has 33 heavy (non-hydrogen) atoms. The van der Waals surface area contributed by atoms with Crippen LogP contribution >= 0.6 is 11.6 Å². The first kappa shape index (κ1) is 23.1. The third-order valence-electron chi connectivity index (χ3n) is 5.53. The molecule has 6 nitrogen and oxygen atoms in total. The molecule has 0 aromatic heterocycles. The number of ether oxygens (including phenoxy) is 1. The number of sulfonamides is 1. The highest BCUT2D eigenvalue weighted by atomic mass is 35.5. The summed E-state index contributed by atoms with van der Waals surface area (Å²) in [5, 5.41) is 2.92. The normalized spacial score (nSPS) is 13.3. The number of nitrogens with zero attached hydrogens (tertiary/aromatic N) is 1. The van der Waals surface area contributed by atoms with E-state index in [0.29, 0.717) is 18.8 Å². The maximum absolute atomic E-state index is 13.3. The monoisotopic (exact) mass is 484 g/mol. The molecule has 4 rings (SSSR count). The van der Waals surface area contributed by atoms with Crippen LogP contribution in [-0.2, 0) is 27.8 Å². The molecule has 0 bridgehead atoms. The van der Waals surface area contributed by atoms with E-state index in [4.69, 9.17) is 16.3 Å². The van der Waals surface area contributed by atoms with Crippen molar-refractivity contribution >= 4 is 33.2 Å². The van der Waals surface area contributed by atoms with Crippen molar-refractivity contribution in [3.63, 3.8) is 0 Å². The fourth-order valence-corrected chi connectivity index (χ4v) is 5.60. The molecule has 1 amide bonds. The van der Waals surface area contributed by atoms with Crippen molar-refractivity contribution in [3.05, 3.63) is 88.4 Å². The van der Waals surface area contributed by atoms with Crippen LogP contribution in [0, 0.1) is 6.92 Å². The molecule has 3 aromatic carbocycles. The zero-order valence-electron chi connectivity index (χ0n) is 18.3. The van der Waals surface area contributed by atoms with E-state index in [1.807, 2.05) is 55.5 Å². The van der Waals surface area contributed by atoms with E-state index in [2.05, 4.69) is 5.32 Å². The number of carbonyl (C=O) groups is 1. The quantitative estimate of drug-likeness (QED) is 0.536. The van der Waals surface area contributed by atoms with E-state index in [9.17, 15) is 13.2 Å². The number of benzene rings is 3. The summed E-state index contributed by atoms with van der Waals surface area (Å²) in [7, 11) is -3.77. The van der Waals surface area contributed by atoms with Crippen molar-refractivity contribution < 1.29 is 17.9 Å². The van der Waals surface area contributed by atoms with Gasteiger partial charge in [-0.3, -0.25) is 9.10 Å². The molecule has 172 valence electrons. The molecule has 1 heterocycles. The van der Waals surface area contributed by atoms with E-state index in [1.54, 1.807) is 0 Å². The minimum Gasteiger partial charge on any atom is -0.482 e. The van der Waals surface area contributed by atoms with Crippen LogP contribution in [0.5, 0.6) is 5.75 Å². The lowest BCUT2D eigenvalue weighted by molar-refractivity contribution is -0.123. The average Bonchev–Trinajstić information content (AvgIpc) is 2.82. The van der Waals surface area contributed by atoms with Crippen molar-refractivity contribution in [2.45, 2.75) is 31.2 Å². The van der Waals surface area contributed by atoms with Gasteiger partial charge >= 0.3 is 0 Å². The van der Waals surface area contributed by atoms with Crippen molar-refractivity contribution in [2.24, 2.45) is 0 Å². The van der Waals surface area contributed by atoms with Gasteiger partial charge in [-0.25, -0.2) is 8.42 Å². The van der Waals surface area contributed by atoms with Crippen LogP contribution in [0.4, 0.5) is 5.69 Å². The van der Waals surface area contributed by atoms with Crippen LogP contribution in [0.25, 0.3) is 0 Å². The molecule has 3 aromatic rings. The number of hydrogen-bond donors (Lipinski definition) is 1. The van der Waals surface area contributed by atoms with Crippen molar-refractivity contribution in [3.8, 4) is 5.75 Å². The van der Waals surface area contributed by atoms with Gasteiger partial charge in [-0.15, -0.1) is 0 Å². The molecule has 0 radical (unpaired) electrons. The number of carbonyl (C=O) groups excluding carboxylic acids is 1. The highest BCUT2D eigenvalue weighted by molar-refractivity contribution is 7.92. The molecule has 1 N–H and O–H groups in total. The number of fused-ring (bicyclic) bond motifs is 1. The van der Waals surface area contributed by atoms with Gasteiger partial charge in [0.25, 0.3) is 15.9 Å². The summed E-state index contributed by atoms with van der Waals surface area (Å²) in [5.74, 6) is -0.0478. The largest absolute Gasteiger partial charge is 0.482 e. The van der Waals surface area contributed by atoms with Gasteiger partial charge in [0.2, 0.25) is 0 Å². The second-order valence-electron chi connectivity index (χ2n) is 7.95. The first-order valence-corrected chi connectivity index (χ1v) is 12.5. The van der Waals surface area contributed by atoms with Crippen LogP contribution < -0.4 is 14.4 Å². The van der Waals surface area contributed by atoms with Crippen LogP contribution in [0.3, 0.4) is 0 Å². The number of anilines is 1. The Balaban J connectivity index is 1.41. The summed E-state index contributed by atoms with van der Waals surface area (Å²) in [6.07, 6.45) is 1.60. The molecule has 0 unspecified atom stereocenters. The minimum absolute atomic E-state index is 0.0837. The fraction of sp³-hybridized carbons (Fsp3) is 0.240. The number of hydrogen-bond acceptors (Lipinski definition) is 4. The molecule has 0 saturated carbocycles. The summed E-state index contributed by atoms with van der Waals surface area (Å²) in [5.41, 5.74) is 3.85. The lowest BCUT2D eigenvalue weighted by Gasteiger charge is -2.30. The maximum atomic E-state index is 13.3. The maximum Gasteiger partial charge on any atom is 0.264 e. The van der Waals surface area contributed by atoms with Gasteiger partial charge < -0.3 is 10.1 Å². The minimum atomic E-state index is -3.77.